The fraction of sp³-hybridized carbons (Fsp3) is 0.235. The second-order valence-corrected chi connectivity index (χ2v) is 5.94. The van der Waals surface area contributed by atoms with Crippen molar-refractivity contribution in [3.8, 4) is 0 Å². The van der Waals surface area contributed by atoms with Gasteiger partial charge >= 0.3 is 6.18 Å². The van der Waals surface area contributed by atoms with Crippen LogP contribution in [-0.2, 0) is 0 Å². The number of hydrogen-bond donors (Lipinski definition) is 1. The number of carbonyl (C=O) groups excluding carboxylic acids is 1. The molecule has 0 atom stereocenters. The molecule has 0 aliphatic heterocycles. The number of nitrogens with zero attached hydrogens (tertiary/aromatic N) is 4. The van der Waals surface area contributed by atoms with Crippen LogP contribution in [0, 0.1) is 0 Å². The van der Waals surface area contributed by atoms with Gasteiger partial charge in [-0.05, 0) is 24.1 Å². The van der Waals surface area contributed by atoms with Crippen molar-refractivity contribution in [2.75, 3.05) is 14.1 Å². The van der Waals surface area contributed by atoms with Crippen LogP contribution < -0.4 is 5.32 Å². The summed E-state index contributed by atoms with van der Waals surface area (Å²) in [7, 11) is 3.31. The Morgan fingerprint density at radius 2 is 2.15 bits per heavy atom. The van der Waals surface area contributed by atoms with E-state index in [0.29, 0.717) is 5.65 Å². The molecule has 0 saturated heterocycles. The van der Waals surface area contributed by atoms with Crippen LogP contribution in [-0.4, -0.2) is 45.7 Å². The maximum Gasteiger partial charge on any atom is 0.416 e. The van der Waals surface area contributed by atoms with E-state index in [1.807, 2.05) is 0 Å². The van der Waals surface area contributed by atoms with Crippen LogP contribution in [0.5, 0.6) is 0 Å². The summed E-state index contributed by atoms with van der Waals surface area (Å²) in [4.78, 5) is 18.0. The Morgan fingerprint density at radius 3 is 2.85 bits per heavy atom. The molecule has 1 N–H and O–H groups in total. The molecule has 0 bridgehead atoms. The number of halogens is 3. The van der Waals surface area contributed by atoms with Crippen molar-refractivity contribution in [2.45, 2.75) is 12.6 Å². The number of carbonyl (C=O) groups is 1. The Kier molecular flexibility index (Phi) is 4.54. The highest BCUT2D eigenvalue weighted by Crippen LogP contribution is 2.36. The van der Waals surface area contributed by atoms with Crippen LogP contribution in [0.4, 0.5) is 13.2 Å². The molecule has 9 heteroatoms. The van der Waals surface area contributed by atoms with Gasteiger partial charge in [-0.1, -0.05) is 6.08 Å². The van der Waals surface area contributed by atoms with Crippen LogP contribution in [0.15, 0.2) is 59.9 Å². The maximum absolute atomic E-state index is 13.3. The lowest BCUT2D eigenvalue weighted by Gasteiger charge is -2.21. The zero-order chi connectivity index (χ0) is 18.9. The fourth-order valence-electron chi connectivity index (χ4n) is 2.61. The third-order valence-electron chi connectivity index (χ3n) is 3.69. The van der Waals surface area contributed by atoms with Gasteiger partial charge in [0.15, 0.2) is 5.65 Å². The minimum Gasteiger partial charge on any atom is -0.383 e. The number of aromatic nitrogens is 3. The van der Waals surface area contributed by atoms with Gasteiger partial charge in [-0.2, -0.15) is 18.3 Å². The molecule has 136 valence electrons. The van der Waals surface area contributed by atoms with E-state index in [-0.39, 0.29) is 23.3 Å². The zero-order valence-electron chi connectivity index (χ0n) is 14.1. The summed E-state index contributed by atoms with van der Waals surface area (Å²) in [6.45, 7) is 0. The highest BCUT2D eigenvalue weighted by atomic mass is 19.4. The molecular formula is C17H16F3N5O. The van der Waals surface area contributed by atoms with Gasteiger partial charge < -0.3 is 10.2 Å². The van der Waals surface area contributed by atoms with Crippen LogP contribution in [0.1, 0.15) is 16.8 Å². The molecule has 1 amide bonds. The molecule has 0 saturated carbocycles. The minimum absolute atomic E-state index is 0.0617. The molecule has 0 fully saturated rings. The summed E-state index contributed by atoms with van der Waals surface area (Å²) >= 11 is 0. The SMILES string of the molecule is CN(C)C=C1CC=C(NC(=O)c2cnn3cccnc23)C=C1C(F)(F)F. The second kappa shape index (κ2) is 6.66. The predicted octanol–water partition coefficient (Wildman–Crippen LogP) is 2.68. The van der Waals surface area contributed by atoms with Crippen molar-refractivity contribution in [3.63, 3.8) is 0 Å². The van der Waals surface area contributed by atoms with Crippen molar-refractivity contribution in [2.24, 2.45) is 0 Å². The van der Waals surface area contributed by atoms with E-state index in [2.05, 4.69) is 15.4 Å². The van der Waals surface area contributed by atoms with E-state index in [9.17, 15) is 18.0 Å². The molecule has 26 heavy (non-hydrogen) atoms. The highest BCUT2D eigenvalue weighted by molar-refractivity contribution is 6.00. The quantitative estimate of drug-likeness (QED) is 0.911. The van der Waals surface area contributed by atoms with Crippen molar-refractivity contribution >= 4 is 11.6 Å². The predicted molar refractivity (Wildman–Crippen MR) is 89.1 cm³/mol. The summed E-state index contributed by atoms with van der Waals surface area (Å²) in [5.74, 6) is -0.567. The summed E-state index contributed by atoms with van der Waals surface area (Å²) in [5, 5.41) is 6.50. The first-order chi connectivity index (χ1) is 12.3. The molecule has 0 aromatic carbocycles. The molecule has 1 aliphatic rings. The number of alkyl halides is 3. The molecule has 2 heterocycles. The molecule has 3 rings (SSSR count). The average molecular weight is 363 g/mol. The van der Waals surface area contributed by atoms with Gasteiger partial charge in [-0.25, -0.2) is 9.50 Å². The minimum atomic E-state index is -4.52. The summed E-state index contributed by atoms with van der Waals surface area (Å²) < 4.78 is 41.4. The Hall–Kier alpha value is -3.10. The molecule has 2 aromatic heterocycles. The van der Waals surface area contributed by atoms with E-state index in [1.54, 1.807) is 37.3 Å². The molecule has 6 nitrogen and oxygen atoms in total. The molecule has 2 aromatic rings. The van der Waals surface area contributed by atoms with Crippen molar-refractivity contribution in [3.05, 3.63) is 65.4 Å². The molecule has 0 unspecified atom stereocenters. The number of rotatable bonds is 3. The largest absolute Gasteiger partial charge is 0.416 e. The van der Waals surface area contributed by atoms with E-state index >= 15 is 0 Å². The van der Waals surface area contributed by atoms with Gasteiger partial charge in [-0.3, -0.25) is 4.79 Å². The van der Waals surface area contributed by atoms with Crippen LogP contribution >= 0.6 is 0 Å². The lowest BCUT2D eigenvalue weighted by molar-refractivity contribution is -0.0897. The van der Waals surface area contributed by atoms with E-state index in [1.165, 1.54) is 23.1 Å². The Morgan fingerprint density at radius 1 is 1.38 bits per heavy atom. The van der Waals surface area contributed by atoms with E-state index in [4.69, 9.17) is 0 Å². The van der Waals surface area contributed by atoms with Gasteiger partial charge in [0.25, 0.3) is 5.91 Å². The Bertz CT molecular complexity index is 937. The standard InChI is InChI=1S/C17H16F3N5O/c1-24(2)10-11-4-5-12(8-14(11)17(18,19)20)23-16(26)13-9-22-25-7-3-6-21-15(13)25/h3,5-10H,4H2,1-2H3,(H,23,26). The summed E-state index contributed by atoms with van der Waals surface area (Å²) in [5.41, 5.74) is -0.0358. The van der Waals surface area contributed by atoms with Crippen molar-refractivity contribution in [1.29, 1.82) is 0 Å². The number of fused-ring (bicyclic) bond motifs is 1. The fourth-order valence-corrected chi connectivity index (χ4v) is 2.61. The second-order valence-electron chi connectivity index (χ2n) is 5.94. The van der Waals surface area contributed by atoms with E-state index < -0.39 is 17.7 Å². The smallest absolute Gasteiger partial charge is 0.383 e. The Balaban J connectivity index is 1.87. The van der Waals surface area contributed by atoms with Gasteiger partial charge in [0.2, 0.25) is 0 Å². The first-order valence-corrected chi connectivity index (χ1v) is 7.72. The molecule has 1 aliphatic carbocycles. The zero-order valence-corrected chi connectivity index (χ0v) is 14.1. The summed E-state index contributed by atoms with van der Waals surface area (Å²) in [6, 6.07) is 1.66. The van der Waals surface area contributed by atoms with Gasteiger partial charge in [0.05, 0.1) is 11.8 Å². The van der Waals surface area contributed by atoms with Gasteiger partial charge in [-0.15, -0.1) is 0 Å². The van der Waals surface area contributed by atoms with Crippen LogP contribution in [0.2, 0.25) is 0 Å². The number of amides is 1. The lowest BCUT2D eigenvalue weighted by atomic mass is 9.96. The van der Waals surface area contributed by atoms with Crippen molar-refractivity contribution < 1.29 is 18.0 Å². The monoisotopic (exact) mass is 363 g/mol. The number of nitrogens with one attached hydrogen (secondary N) is 1. The maximum atomic E-state index is 13.3. The normalized spacial score (nSPS) is 16.4. The lowest BCUT2D eigenvalue weighted by Crippen LogP contribution is -2.26. The first kappa shape index (κ1) is 17.7. The third kappa shape index (κ3) is 3.61. The molecule has 0 radical (unpaired) electrons. The topological polar surface area (TPSA) is 62.5 Å². The Labute approximate surface area is 147 Å². The molecule has 0 spiro atoms. The third-order valence-corrected chi connectivity index (χ3v) is 3.69. The summed E-state index contributed by atoms with van der Waals surface area (Å²) in [6.07, 6.45) is 3.91. The van der Waals surface area contributed by atoms with Crippen LogP contribution in [0.3, 0.4) is 0 Å². The molecular weight excluding hydrogens is 347 g/mol. The van der Waals surface area contributed by atoms with E-state index in [0.717, 1.165) is 6.08 Å². The van der Waals surface area contributed by atoms with Gasteiger partial charge in [0.1, 0.15) is 5.56 Å². The average Bonchev–Trinajstić information content (AvgIpc) is 2.99. The number of allylic oxidation sites excluding steroid dienone is 4. The van der Waals surface area contributed by atoms with Crippen LogP contribution in [0.25, 0.3) is 5.65 Å². The number of hydrogen-bond acceptors (Lipinski definition) is 4. The highest BCUT2D eigenvalue weighted by Gasteiger charge is 2.37. The van der Waals surface area contributed by atoms with Gasteiger partial charge in [0, 0.05) is 38.4 Å². The van der Waals surface area contributed by atoms with Crippen molar-refractivity contribution in [1.82, 2.24) is 24.8 Å². The first-order valence-electron chi connectivity index (χ1n) is 7.72.